The van der Waals surface area contributed by atoms with Crippen LogP contribution in [0.1, 0.15) is 91.5 Å². The summed E-state index contributed by atoms with van der Waals surface area (Å²) in [6.45, 7) is 34.5. The van der Waals surface area contributed by atoms with Crippen LogP contribution in [0.3, 0.4) is 0 Å². The Labute approximate surface area is 874 Å². The van der Waals surface area contributed by atoms with Gasteiger partial charge in [-0.05, 0) is 106 Å². The first-order valence-electron chi connectivity index (χ1n) is 46.5. The molecule has 0 aliphatic carbocycles. The molecule has 816 valence electrons. The van der Waals surface area contributed by atoms with Gasteiger partial charge in [0.15, 0.2) is 0 Å². The Balaban J connectivity index is -0.00000158. The number of amides is 7. The number of nitrogens with one attached hydrogen (secondary N) is 3. The van der Waals surface area contributed by atoms with Crippen LogP contribution in [0, 0.1) is 24.7 Å². The van der Waals surface area contributed by atoms with Crippen molar-refractivity contribution >= 4 is 78.6 Å². The van der Waals surface area contributed by atoms with E-state index in [0.717, 1.165) is 95.1 Å². The molecular weight excluding hydrogens is 2140 g/mol. The summed E-state index contributed by atoms with van der Waals surface area (Å²) in [5, 5.41) is 49.1. The number of morpholine rings is 7. The summed E-state index contributed by atoms with van der Waals surface area (Å²) in [5.41, 5.74) is 6.82. The van der Waals surface area contributed by atoms with Crippen LogP contribution in [0.15, 0.2) is 121 Å². The number of ether oxygens (including phenoxy) is 14. The number of terminal acetylenes is 2. The van der Waals surface area contributed by atoms with Gasteiger partial charge in [-0.15, -0.1) is 12.8 Å². The largest absolute Gasteiger partial charge is 0.445 e. The molecule has 7 heterocycles. The van der Waals surface area contributed by atoms with Crippen LogP contribution < -0.4 is 21.7 Å². The number of benzene rings is 4. The molecule has 0 spiro atoms. The first-order chi connectivity index (χ1) is 67.2. The molecule has 8 atom stereocenters. The zero-order valence-corrected chi connectivity index (χ0v) is 93.8. The molecule has 4 aromatic rings. The Hall–Kier alpha value is -8.28. The number of aliphatic hydroxyl groups excluding tert-OH is 5. The summed E-state index contributed by atoms with van der Waals surface area (Å²) in [5.74, 6) is 4.98. The summed E-state index contributed by atoms with van der Waals surface area (Å²) >= 11 is 3.01. The summed E-state index contributed by atoms with van der Waals surface area (Å²) < 4.78 is 102. The Bertz CT molecular complexity index is 4130. The monoisotopic (exact) mass is 2300 g/mol. The minimum Gasteiger partial charge on any atom is -0.445 e. The van der Waals surface area contributed by atoms with Crippen molar-refractivity contribution in [2.75, 3.05) is 258 Å². The normalized spacial score (nSPS) is 18.4. The van der Waals surface area contributed by atoms with E-state index < -0.39 is 45.2 Å². The molecule has 7 fully saturated rings. The van der Waals surface area contributed by atoms with E-state index in [2.05, 4.69) is 54.4 Å². The number of hydrogen-bond acceptors (Lipinski definition) is 34. The van der Waals surface area contributed by atoms with Crippen molar-refractivity contribution in [1.29, 1.82) is 0 Å². The fraction of sp³-hybridized carbons (Fsp3) is 0.643. The van der Waals surface area contributed by atoms with Gasteiger partial charge in [-0.1, -0.05) is 149 Å². The summed E-state index contributed by atoms with van der Waals surface area (Å²) in [4.78, 5) is 96.7. The number of alkyl halides is 1. The summed E-state index contributed by atoms with van der Waals surface area (Å²) in [6.07, 6.45) is 7.58. The molecule has 4 aromatic carbocycles. The van der Waals surface area contributed by atoms with E-state index in [1.54, 1.807) is 52.6 Å². The number of nitrogens with zero attached hydrogens (tertiary/aromatic N) is 8. The van der Waals surface area contributed by atoms with Crippen molar-refractivity contribution in [3.8, 4) is 24.7 Å². The van der Waals surface area contributed by atoms with E-state index in [0.29, 0.717) is 124 Å². The molecule has 0 aromatic heterocycles. The minimum atomic E-state index is -3.52. The van der Waals surface area contributed by atoms with Crippen LogP contribution in [-0.4, -0.2) is 433 Å². The zero-order valence-electron chi connectivity index (χ0n) is 87.1. The number of aliphatic hydroxyl groups is 5. The molecule has 0 radical (unpaired) electrons. The smallest absolute Gasteiger partial charge is 0.410 e. The van der Waals surface area contributed by atoms with Crippen LogP contribution in [0.25, 0.3) is 0 Å². The Morgan fingerprint density at radius 1 is 0.462 bits per heavy atom. The second-order valence-electron chi connectivity index (χ2n) is 34.4. The van der Waals surface area contributed by atoms with Crippen molar-refractivity contribution in [1.82, 2.24) is 55.1 Å². The fourth-order valence-electron chi connectivity index (χ4n) is 12.5. The topological polar surface area (TPSA) is 481 Å². The van der Waals surface area contributed by atoms with Crippen molar-refractivity contribution in [2.45, 2.75) is 155 Å². The van der Waals surface area contributed by atoms with Gasteiger partial charge in [-0.2, -0.15) is 18.3 Å². The van der Waals surface area contributed by atoms with Crippen LogP contribution in [0.4, 0.5) is 33.6 Å². The number of likely N-dealkylation sites (N-methyl/N-ethyl adjacent to an activating group) is 4. The maximum atomic E-state index is 12.3. The number of carbonyl (C=O) groups excluding carboxylic acids is 7. The maximum Gasteiger partial charge on any atom is 0.410 e. The third kappa shape index (κ3) is 70.3. The number of halogens is 1. The van der Waals surface area contributed by atoms with Crippen molar-refractivity contribution in [3.05, 3.63) is 144 Å². The second-order valence-corrected chi connectivity index (χ2v) is 36.6. The fourth-order valence-corrected chi connectivity index (χ4v) is 12.9. The molecule has 7 aliphatic rings. The number of carbonyl (C=O) groups is 7. The van der Waals surface area contributed by atoms with Gasteiger partial charge in [0.1, 0.15) is 49.3 Å². The maximum absolute atomic E-state index is 12.3. The van der Waals surface area contributed by atoms with Crippen LogP contribution >= 0.6 is 25.8 Å². The SMILES string of the molecule is C#CCBr.C#CCN1CCO[C@@H](CN(C)C(=O)OC(C)(C)C)C1.CCO.CN.CN(C[C@H]1CN(C(=O)OCc2ccccc2)CCO1)C(=O)OC(C)(C)C.CN(C[C@H]1CNCCO1)C(=O)OC(C)(C)C.CNC[C@H]1CN(C(=O)OCc2ccccc2)CCO1.CO.CO.CS(=O)(=O)OC[C@H]1CN(C(=O)OCc2ccccc2)CCO1.O=C(OCc1ccccc1)N1CCO[C@@H](CO)C1.OC[C@H]1CNCCO1.P.[W]. The predicted molar refractivity (Wildman–Crippen MR) is 550 cm³/mol. The van der Waals surface area contributed by atoms with Crippen LogP contribution in [0.5, 0.6) is 0 Å². The molecule has 10 N–H and O–H groups in total. The van der Waals surface area contributed by atoms with Crippen LogP contribution in [-0.2, 0) is 128 Å². The molecule has 0 bridgehead atoms. The summed E-state index contributed by atoms with van der Waals surface area (Å²) in [7, 11) is 6.95. The van der Waals surface area contributed by atoms with E-state index in [1.165, 1.54) is 16.8 Å². The van der Waals surface area contributed by atoms with E-state index in [4.69, 9.17) is 109 Å². The average Bonchev–Trinajstić information content (AvgIpc) is 0.462. The van der Waals surface area contributed by atoms with Gasteiger partial charge in [0.05, 0.1) is 167 Å². The second kappa shape index (κ2) is 82.7. The Morgan fingerprint density at radius 3 is 1.02 bits per heavy atom. The molecule has 7 saturated heterocycles. The Morgan fingerprint density at radius 2 is 0.734 bits per heavy atom. The van der Waals surface area contributed by atoms with Gasteiger partial charge in [-0.3, -0.25) is 9.08 Å². The van der Waals surface area contributed by atoms with Gasteiger partial charge < -0.3 is 148 Å². The molecule has 143 heavy (non-hydrogen) atoms. The number of hydrogen-bond donors (Lipinski definition) is 9. The first-order valence-corrected chi connectivity index (χ1v) is 49.5. The number of rotatable bonds is 22. The molecule has 1 unspecified atom stereocenters. The van der Waals surface area contributed by atoms with Crippen LogP contribution in [0.2, 0.25) is 0 Å². The Kier molecular flexibility index (Phi) is 80.3. The van der Waals surface area contributed by atoms with Gasteiger partial charge >= 0.3 is 42.7 Å². The third-order valence-electron chi connectivity index (χ3n) is 18.9. The first kappa shape index (κ1) is 139. The standard InChI is InChI=1S/C19H28N2O5.C14H20N2O3.C14H24N2O3.C14H19NO6S.C13H17NO4.C11H22N2O3.C5H11NO2.C3H3Br.C2H6O.CH5N.2CH4O.H3P.W/c1-19(2,3)26-17(22)20(4)12-16-13-21(10-11-24-16)18(23)25-14-15-8-6-5-7-9-15;1-15-9-13-10-16(7-8-18-13)14(17)19-11-12-5-3-2-4-6-12;1-6-7-16-8-9-18-12(11-16)10-15(5)13(17)19-14(2,3)4;1-22(17,18)21-11-13-9-15(7-8-19-13)14(16)20-10-12-5-3-2-4-6-12;15-9-12-8-14(6-7-17-12)13(16)18-10-11-4-2-1-3-5-11;1-11(2,3)16-10(14)13(4)8-9-7-12-5-6-15-9;7-4-5-3-6-1-2-8-5;1-2-3-4;1-2-3;3*1-2;;/h5-9,16H,10-14H2,1-4H3;2-6,13,15H,7-11H2,1H3;1,12H,7-11H2,2-5H3;2-6,13H,7-11H2,1H3;1-5,12,15H,6-10H2;9,12H,5-8H2,1-4H3;5-7H,1-4H2;1H,3H2;3H,2H2,1H3;2H2,1H3;2*2H,1H3;1H3;/t16-;13-;12-;13-;12-;9-;5-;;;;;;;/m0001111......./s1. The molecule has 0 saturated carbocycles. The summed E-state index contributed by atoms with van der Waals surface area (Å²) in [6, 6.07) is 38.1. The van der Waals surface area contributed by atoms with Gasteiger partial charge in [0.25, 0.3) is 10.1 Å². The van der Waals surface area contributed by atoms with Crippen molar-refractivity contribution < 1.29 is 159 Å². The minimum absolute atomic E-state index is 0. The molecular formula is C98H166BrN12O29PSW. The molecule has 45 heteroatoms. The van der Waals surface area contributed by atoms with E-state index in [1.807, 2.05) is 191 Å². The van der Waals surface area contributed by atoms with E-state index >= 15 is 0 Å². The van der Waals surface area contributed by atoms with Gasteiger partial charge in [-0.25, -0.2) is 33.6 Å². The van der Waals surface area contributed by atoms with E-state index in [-0.39, 0.29) is 151 Å². The molecule has 11 rings (SSSR count). The molecule has 7 aliphatic heterocycles. The zero-order chi connectivity index (χ0) is 106. The predicted octanol–water partition coefficient (Wildman–Crippen LogP) is 7.01. The quantitative estimate of drug-likeness (QED) is 0.0126. The van der Waals surface area contributed by atoms with Crippen molar-refractivity contribution in [2.24, 2.45) is 5.73 Å². The molecule has 7 amide bonds. The number of nitrogens with two attached hydrogens (primary N) is 1. The van der Waals surface area contributed by atoms with Gasteiger partial charge in [0.2, 0.25) is 0 Å². The average molecular weight is 2300 g/mol. The molecule has 41 nitrogen and oxygen atoms in total. The van der Waals surface area contributed by atoms with Gasteiger partial charge in [0, 0.05) is 135 Å². The third-order valence-corrected chi connectivity index (χ3v) is 19.8. The van der Waals surface area contributed by atoms with E-state index in [9.17, 15) is 42.0 Å². The van der Waals surface area contributed by atoms with Crippen molar-refractivity contribution in [3.63, 3.8) is 0 Å².